The Bertz CT molecular complexity index is 667. The number of ether oxygens (including phenoxy) is 1. The number of aromatic hydroxyl groups is 1. The number of benzene rings is 1. The Morgan fingerprint density at radius 2 is 1.38 bits per heavy atom. The Labute approximate surface area is 214 Å². The van der Waals surface area contributed by atoms with Crippen LogP contribution in [0.25, 0.3) is 0 Å². The standard InChI is InChI=1S/C28H49N3O2S/c1-3-5-6-7-8-9-10-11-12-13-14-15-16-17-18-19-22-29-28(34)31-30-24-25-20-21-26(32)27(23-25)33-4-2/h20-21,23-24,32H,3-19,22H2,1-2H3,(H2,29,31,34)/b30-24+. The van der Waals surface area contributed by atoms with Crippen molar-refractivity contribution in [3.63, 3.8) is 0 Å². The third-order valence-corrected chi connectivity index (χ3v) is 6.21. The van der Waals surface area contributed by atoms with Crippen LogP contribution in [0.3, 0.4) is 0 Å². The molecule has 0 aliphatic rings. The van der Waals surface area contributed by atoms with Gasteiger partial charge < -0.3 is 15.2 Å². The zero-order valence-corrected chi connectivity index (χ0v) is 22.6. The van der Waals surface area contributed by atoms with Crippen molar-refractivity contribution in [2.45, 2.75) is 117 Å². The van der Waals surface area contributed by atoms with Gasteiger partial charge in [0.1, 0.15) is 0 Å². The number of hydrogen-bond acceptors (Lipinski definition) is 4. The van der Waals surface area contributed by atoms with Crippen LogP contribution in [0.15, 0.2) is 23.3 Å². The molecule has 0 atom stereocenters. The molecule has 0 spiro atoms. The van der Waals surface area contributed by atoms with Crippen LogP contribution in [0.1, 0.15) is 122 Å². The summed E-state index contributed by atoms with van der Waals surface area (Å²) >= 11 is 5.27. The van der Waals surface area contributed by atoms with Crippen molar-refractivity contribution in [2.75, 3.05) is 13.2 Å². The van der Waals surface area contributed by atoms with Gasteiger partial charge in [-0.05, 0) is 49.3 Å². The van der Waals surface area contributed by atoms with Crippen molar-refractivity contribution in [3.05, 3.63) is 23.8 Å². The molecule has 1 aromatic rings. The summed E-state index contributed by atoms with van der Waals surface area (Å²) < 4.78 is 5.38. The number of hydrogen-bond donors (Lipinski definition) is 3. The smallest absolute Gasteiger partial charge is 0.186 e. The SMILES string of the molecule is CCCCCCCCCCCCCCCCCCNC(=S)N/N=C/c1ccc(O)c(OCC)c1. The lowest BCUT2D eigenvalue weighted by Crippen LogP contribution is -2.32. The van der Waals surface area contributed by atoms with Gasteiger partial charge in [-0.3, -0.25) is 5.43 Å². The van der Waals surface area contributed by atoms with E-state index in [0.717, 1.165) is 18.5 Å². The molecule has 0 amide bonds. The first-order chi connectivity index (χ1) is 16.7. The molecule has 0 radical (unpaired) electrons. The third-order valence-electron chi connectivity index (χ3n) is 5.98. The van der Waals surface area contributed by atoms with E-state index in [-0.39, 0.29) is 5.75 Å². The Balaban J connectivity index is 1.90. The molecule has 0 bridgehead atoms. The highest BCUT2D eigenvalue weighted by Crippen LogP contribution is 2.26. The number of thiocarbonyl (C=S) groups is 1. The first-order valence-electron chi connectivity index (χ1n) is 13.7. The molecule has 0 aliphatic carbocycles. The minimum Gasteiger partial charge on any atom is -0.504 e. The van der Waals surface area contributed by atoms with E-state index in [1.54, 1.807) is 24.4 Å². The largest absolute Gasteiger partial charge is 0.504 e. The monoisotopic (exact) mass is 491 g/mol. The lowest BCUT2D eigenvalue weighted by atomic mass is 10.0. The van der Waals surface area contributed by atoms with E-state index in [2.05, 4.69) is 22.8 Å². The number of nitrogens with zero attached hydrogens (tertiary/aromatic N) is 1. The Morgan fingerprint density at radius 3 is 1.91 bits per heavy atom. The van der Waals surface area contributed by atoms with Crippen LogP contribution in [0.4, 0.5) is 0 Å². The highest BCUT2D eigenvalue weighted by molar-refractivity contribution is 7.80. The predicted molar refractivity (Wildman–Crippen MR) is 150 cm³/mol. The van der Waals surface area contributed by atoms with Crippen molar-refractivity contribution in [2.24, 2.45) is 5.10 Å². The van der Waals surface area contributed by atoms with Crippen molar-refractivity contribution in [1.29, 1.82) is 0 Å². The first-order valence-corrected chi connectivity index (χ1v) is 14.1. The molecule has 0 unspecified atom stereocenters. The van der Waals surface area contributed by atoms with Crippen molar-refractivity contribution < 1.29 is 9.84 Å². The highest BCUT2D eigenvalue weighted by Gasteiger charge is 2.02. The third kappa shape index (κ3) is 16.7. The molecule has 34 heavy (non-hydrogen) atoms. The number of hydrazone groups is 1. The summed E-state index contributed by atoms with van der Waals surface area (Å²) in [4.78, 5) is 0. The molecule has 1 rings (SSSR count). The normalized spacial score (nSPS) is 11.1. The fourth-order valence-electron chi connectivity index (χ4n) is 3.96. The zero-order chi connectivity index (χ0) is 24.7. The van der Waals surface area contributed by atoms with E-state index in [9.17, 15) is 5.11 Å². The first kappa shape index (κ1) is 30.2. The lowest BCUT2D eigenvalue weighted by Gasteiger charge is -2.08. The summed E-state index contributed by atoms with van der Waals surface area (Å²) in [6.07, 6.45) is 23.7. The molecule has 0 heterocycles. The maximum atomic E-state index is 9.74. The van der Waals surface area contributed by atoms with Crippen molar-refractivity contribution >= 4 is 23.5 Å². The second kappa shape index (κ2) is 21.7. The average molecular weight is 492 g/mol. The maximum Gasteiger partial charge on any atom is 0.186 e. The minimum atomic E-state index is 0.128. The molecule has 6 heteroatoms. The van der Waals surface area contributed by atoms with Gasteiger partial charge in [0.2, 0.25) is 0 Å². The van der Waals surface area contributed by atoms with E-state index in [4.69, 9.17) is 17.0 Å². The average Bonchev–Trinajstić information content (AvgIpc) is 2.83. The quantitative estimate of drug-likeness (QED) is 0.0707. The van der Waals surface area contributed by atoms with Crippen LogP contribution in [-0.2, 0) is 0 Å². The van der Waals surface area contributed by atoms with E-state index < -0.39 is 0 Å². The predicted octanol–water partition coefficient (Wildman–Crippen LogP) is 7.85. The topological polar surface area (TPSA) is 65.9 Å². The van der Waals surface area contributed by atoms with Crippen LogP contribution in [0.2, 0.25) is 0 Å². The highest BCUT2D eigenvalue weighted by atomic mass is 32.1. The van der Waals surface area contributed by atoms with Gasteiger partial charge in [0.15, 0.2) is 16.6 Å². The van der Waals surface area contributed by atoms with Crippen LogP contribution >= 0.6 is 12.2 Å². The van der Waals surface area contributed by atoms with Crippen LogP contribution in [0, 0.1) is 0 Å². The zero-order valence-electron chi connectivity index (χ0n) is 21.7. The van der Waals surface area contributed by atoms with E-state index >= 15 is 0 Å². The number of unbranched alkanes of at least 4 members (excludes halogenated alkanes) is 15. The molecule has 3 N–H and O–H groups in total. The Hall–Kier alpha value is -1.82. The van der Waals surface area contributed by atoms with Gasteiger partial charge in [-0.15, -0.1) is 0 Å². The van der Waals surface area contributed by atoms with Gasteiger partial charge in [-0.1, -0.05) is 103 Å². The van der Waals surface area contributed by atoms with Crippen LogP contribution in [0.5, 0.6) is 11.5 Å². The summed E-state index contributed by atoms with van der Waals surface area (Å²) in [5.74, 6) is 0.582. The van der Waals surface area contributed by atoms with Gasteiger partial charge in [0, 0.05) is 6.54 Å². The van der Waals surface area contributed by atoms with E-state index in [0.29, 0.717) is 17.5 Å². The summed E-state index contributed by atoms with van der Waals surface area (Å²) in [7, 11) is 0. The van der Waals surface area contributed by atoms with Crippen molar-refractivity contribution in [1.82, 2.24) is 10.7 Å². The van der Waals surface area contributed by atoms with Gasteiger partial charge in [0.05, 0.1) is 12.8 Å². The fourth-order valence-corrected chi connectivity index (χ4v) is 4.12. The Kier molecular flexibility index (Phi) is 19.3. The Morgan fingerprint density at radius 1 is 0.853 bits per heavy atom. The number of phenols is 1. The molecule has 0 fully saturated rings. The molecule has 1 aromatic carbocycles. The summed E-state index contributed by atoms with van der Waals surface area (Å²) in [5, 5.41) is 17.6. The van der Waals surface area contributed by atoms with Gasteiger partial charge in [-0.2, -0.15) is 5.10 Å². The van der Waals surface area contributed by atoms with Crippen molar-refractivity contribution in [3.8, 4) is 11.5 Å². The number of nitrogens with one attached hydrogen (secondary N) is 2. The molecule has 0 saturated heterocycles. The van der Waals surface area contributed by atoms with Gasteiger partial charge in [-0.25, -0.2) is 0 Å². The molecule has 0 aliphatic heterocycles. The minimum absolute atomic E-state index is 0.128. The lowest BCUT2D eigenvalue weighted by molar-refractivity contribution is 0.318. The summed E-state index contributed by atoms with van der Waals surface area (Å²) in [6, 6.07) is 5.12. The summed E-state index contributed by atoms with van der Waals surface area (Å²) in [5.41, 5.74) is 3.67. The molecule has 5 nitrogen and oxygen atoms in total. The number of rotatable bonds is 21. The second-order valence-corrected chi connectivity index (χ2v) is 9.50. The summed E-state index contributed by atoms with van der Waals surface area (Å²) in [6.45, 7) is 5.53. The van der Waals surface area contributed by atoms with Crippen LogP contribution in [-0.4, -0.2) is 29.6 Å². The van der Waals surface area contributed by atoms with Crippen LogP contribution < -0.4 is 15.5 Å². The molecule has 194 valence electrons. The molecular formula is C28H49N3O2S. The van der Waals surface area contributed by atoms with E-state index in [1.807, 2.05) is 6.92 Å². The molecular weight excluding hydrogens is 442 g/mol. The maximum absolute atomic E-state index is 9.74. The van der Waals surface area contributed by atoms with E-state index in [1.165, 1.54) is 96.3 Å². The second-order valence-electron chi connectivity index (χ2n) is 9.09. The molecule has 0 aromatic heterocycles. The van der Waals surface area contributed by atoms with Gasteiger partial charge >= 0.3 is 0 Å². The fraction of sp³-hybridized carbons (Fsp3) is 0.714. The number of phenolic OH excluding ortho intramolecular Hbond substituents is 1. The van der Waals surface area contributed by atoms with Gasteiger partial charge in [0.25, 0.3) is 0 Å². The molecule has 0 saturated carbocycles.